The number of hydrogen-bond acceptors (Lipinski definition) is 7. The third-order valence-electron chi connectivity index (χ3n) is 3.45. The molecule has 0 aliphatic heterocycles. The largest absolute Gasteiger partial charge is 0.301 e. The van der Waals surface area contributed by atoms with Crippen molar-refractivity contribution in [3.63, 3.8) is 0 Å². The predicted octanol–water partition coefficient (Wildman–Crippen LogP) is 4.34. The molecule has 0 saturated carbocycles. The lowest BCUT2D eigenvalue weighted by molar-refractivity contribution is -0.113. The highest BCUT2D eigenvalue weighted by atomic mass is 32.2. The van der Waals surface area contributed by atoms with E-state index in [2.05, 4.69) is 57.3 Å². The van der Waals surface area contributed by atoms with Crippen LogP contribution in [-0.4, -0.2) is 31.4 Å². The van der Waals surface area contributed by atoms with Crippen molar-refractivity contribution < 1.29 is 4.79 Å². The summed E-state index contributed by atoms with van der Waals surface area (Å²) in [6.45, 7) is 6.34. The number of carbonyl (C=O) groups is 1. The predicted molar refractivity (Wildman–Crippen MR) is 105 cm³/mol. The molecule has 1 amide bonds. The number of anilines is 1. The normalized spacial score (nSPS) is 11.2. The van der Waals surface area contributed by atoms with Crippen LogP contribution in [0, 0.1) is 0 Å². The molecule has 3 aromatic heterocycles. The van der Waals surface area contributed by atoms with E-state index in [1.807, 2.05) is 5.38 Å². The van der Waals surface area contributed by atoms with Crippen LogP contribution in [-0.2, 0) is 11.2 Å². The highest BCUT2D eigenvalue weighted by Crippen LogP contribution is 2.30. The van der Waals surface area contributed by atoms with Gasteiger partial charge in [0, 0.05) is 33.4 Å². The van der Waals surface area contributed by atoms with Crippen molar-refractivity contribution in [1.29, 1.82) is 0 Å². The summed E-state index contributed by atoms with van der Waals surface area (Å²) < 4.78 is 2.09. The van der Waals surface area contributed by atoms with Gasteiger partial charge >= 0.3 is 0 Å². The molecule has 132 valence electrons. The summed E-state index contributed by atoms with van der Waals surface area (Å²) in [5.74, 6) is 1.03. The van der Waals surface area contributed by atoms with E-state index in [0.717, 1.165) is 23.0 Å². The zero-order valence-electron chi connectivity index (χ0n) is 14.2. The molecule has 0 bridgehead atoms. The Morgan fingerprint density at radius 3 is 2.84 bits per heavy atom. The van der Waals surface area contributed by atoms with E-state index in [0.29, 0.717) is 5.13 Å². The smallest absolute Gasteiger partial charge is 0.236 e. The maximum Gasteiger partial charge on any atom is 0.236 e. The molecule has 25 heavy (non-hydrogen) atoms. The van der Waals surface area contributed by atoms with Crippen molar-refractivity contribution in [3.05, 3.63) is 27.9 Å². The fourth-order valence-corrected chi connectivity index (χ4v) is 4.52. The van der Waals surface area contributed by atoms with E-state index >= 15 is 0 Å². The maximum absolute atomic E-state index is 12.1. The molecular formula is C16H19N5OS3. The highest BCUT2D eigenvalue weighted by Gasteiger charge is 2.18. The Balaban J connectivity index is 1.74. The summed E-state index contributed by atoms with van der Waals surface area (Å²) in [7, 11) is 0. The van der Waals surface area contributed by atoms with Gasteiger partial charge in [-0.25, -0.2) is 4.98 Å². The number of rotatable bonds is 7. The number of hydrogen-bond donors (Lipinski definition) is 1. The van der Waals surface area contributed by atoms with Crippen LogP contribution < -0.4 is 5.32 Å². The Morgan fingerprint density at radius 2 is 2.20 bits per heavy atom. The second-order valence-corrected chi connectivity index (χ2v) is 8.43. The van der Waals surface area contributed by atoms with E-state index in [9.17, 15) is 4.79 Å². The van der Waals surface area contributed by atoms with Gasteiger partial charge in [-0.2, -0.15) is 0 Å². The van der Waals surface area contributed by atoms with Crippen molar-refractivity contribution in [1.82, 2.24) is 19.7 Å². The average Bonchev–Trinajstić information content (AvgIpc) is 3.32. The quantitative estimate of drug-likeness (QED) is 0.605. The van der Waals surface area contributed by atoms with Gasteiger partial charge in [-0.15, -0.1) is 32.9 Å². The molecule has 1 N–H and O–H groups in total. The molecule has 0 fully saturated rings. The molecule has 0 radical (unpaired) electrons. The second kappa shape index (κ2) is 8.11. The molecule has 3 rings (SSSR count). The molecule has 0 saturated heterocycles. The van der Waals surface area contributed by atoms with Gasteiger partial charge in [0.05, 0.1) is 5.75 Å². The van der Waals surface area contributed by atoms with Gasteiger partial charge in [-0.3, -0.25) is 9.36 Å². The summed E-state index contributed by atoms with van der Waals surface area (Å²) in [6, 6.07) is 2.37. The first-order chi connectivity index (χ1) is 12.1. The van der Waals surface area contributed by atoms with E-state index in [1.165, 1.54) is 28.0 Å². The summed E-state index contributed by atoms with van der Waals surface area (Å²) in [4.78, 5) is 17.4. The number of thioether (sulfide) groups is 1. The molecule has 0 spiro atoms. The molecule has 0 aliphatic carbocycles. The van der Waals surface area contributed by atoms with Crippen molar-refractivity contribution >= 4 is 45.5 Å². The number of aryl methyl sites for hydroxylation is 1. The van der Waals surface area contributed by atoms with Gasteiger partial charge in [-0.1, -0.05) is 18.7 Å². The molecule has 0 aromatic carbocycles. The van der Waals surface area contributed by atoms with E-state index in [-0.39, 0.29) is 17.7 Å². The van der Waals surface area contributed by atoms with Crippen LogP contribution in [0.4, 0.5) is 5.13 Å². The van der Waals surface area contributed by atoms with Crippen molar-refractivity contribution in [2.75, 3.05) is 11.1 Å². The van der Waals surface area contributed by atoms with E-state index < -0.39 is 0 Å². The summed E-state index contributed by atoms with van der Waals surface area (Å²) in [5.41, 5.74) is 1.09. The van der Waals surface area contributed by atoms with Crippen LogP contribution >= 0.6 is 34.4 Å². The third-order valence-corrected chi connectivity index (χ3v) is 6.17. The van der Waals surface area contributed by atoms with Crippen LogP contribution in [0.5, 0.6) is 0 Å². The van der Waals surface area contributed by atoms with E-state index in [4.69, 9.17) is 0 Å². The molecule has 6 nitrogen and oxygen atoms in total. The number of amides is 1. The molecule has 0 aliphatic rings. The van der Waals surface area contributed by atoms with Crippen LogP contribution in [0.3, 0.4) is 0 Å². The Labute approximate surface area is 158 Å². The van der Waals surface area contributed by atoms with Crippen LogP contribution in [0.1, 0.15) is 31.7 Å². The average molecular weight is 394 g/mol. The van der Waals surface area contributed by atoms with Crippen molar-refractivity contribution in [3.8, 4) is 11.4 Å². The number of thiophene rings is 1. The minimum absolute atomic E-state index is 0.0939. The summed E-state index contributed by atoms with van der Waals surface area (Å²) in [6.07, 6.45) is 2.68. The van der Waals surface area contributed by atoms with Gasteiger partial charge < -0.3 is 5.32 Å². The zero-order chi connectivity index (χ0) is 17.8. The van der Waals surface area contributed by atoms with Crippen LogP contribution in [0.2, 0.25) is 0 Å². The summed E-state index contributed by atoms with van der Waals surface area (Å²) >= 11 is 4.53. The standard InChI is InChI=1S/C16H19N5OS3/c1-4-12-7-11(8-24-12)14-19-20-16(21(14)10(2)3)25-9-13(22)18-15-17-5-6-23-15/h5-8,10H,4,9H2,1-3H3,(H,17,18,22). The van der Waals surface area contributed by atoms with Crippen molar-refractivity contribution in [2.24, 2.45) is 0 Å². The van der Waals surface area contributed by atoms with E-state index in [1.54, 1.807) is 17.5 Å². The first-order valence-corrected chi connectivity index (χ1v) is 10.7. The lowest BCUT2D eigenvalue weighted by atomic mass is 10.2. The summed E-state index contributed by atoms with van der Waals surface area (Å²) in [5, 5.41) is 16.8. The Bertz CT molecular complexity index is 838. The van der Waals surface area contributed by atoms with Gasteiger partial charge in [0.2, 0.25) is 5.91 Å². The highest BCUT2D eigenvalue weighted by molar-refractivity contribution is 7.99. The van der Waals surface area contributed by atoms with Gasteiger partial charge in [0.1, 0.15) is 0 Å². The monoisotopic (exact) mass is 393 g/mol. The van der Waals surface area contributed by atoms with Crippen LogP contribution in [0.15, 0.2) is 28.2 Å². The number of thiazole rings is 1. The van der Waals surface area contributed by atoms with Crippen molar-refractivity contribution in [2.45, 2.75) is 38.4 Å². The Kier molecular flexibility index (Phi) is 5.87. The Morgan fingerprint density at radius 1 is 1.36 bits per heavy atom. The second-order valence-electron chi connectivity index (χ2n) is 5.60. The molecule has 3 aromatic rings. The zero-order valence-corrected chi connectivity index (χ0v) is 16.7. The van der Waals surface area contributed by atoms with Gasteiger partial charge in [-0.05, 0) is 26.3 Å². The number of aromatic nitrogens is 4. The first-order valence-electron chi connectivity index (χ1n) is 7.93. The van der Waals surface area contributed by atoms with Gasteiger partial charge in [0.25, 0.3) is 0 Å². The first kappa shape index (κ1) is 18.1. The molecular weight excluding hydrogens is 374 g/mol. The minimum Gasteiger partial charge on any atom is -0.301 e. The number of nitrogens with one attached hydrogen (secondary N) is 1. The number of nitrogens with zero attached hydrogens (tertiary/aromatic N) is 4. The third kappa shape index (κ3) is 4.28. The SMILES string of the molecule is CCc1cc(-c2nnc(SCC(=O)Nc3nccs3)n2C(C)C)cs1. The minimum atomic E-state index is -0.0939. The maximum atomic E-state index is 12.1. The fraction of sp³-hybridized carbons (Fsp3) is 0.375. The molecule has 0 unspecified atom stereocenters. The van der Waals surface area contributed by atoms with Crippen LogP contribution in [0.25, 0.3) is 11.4 Å². The Hall–Kier alpha value is -1.71. The van der Waals surface area contributed by atoms with Gasteiger partial charge in [0.15, 0.2) is 16.1 Å². The fourth-order valence-electron chi connectivity index (χ4n) is 2.29. The molecule has 3 heterocycles. The number of carbonyl (C=O) groups excluding carboxylic acids is 1. The molecule has 0 atom stereocenters. The lowest BCUT2D eigenvalue weighted by Gasteiger charge is -2.12. The molecule has 9 heteroatoms. The lowest BCUT2D eigenvalue weighted by Crippen LogP contribution is -2.14. The topological polar surface area (TPSA) is 72.7 Å².